The van der Waals surface area contributed by atoms with Crippen LogP contribution in [0.3, 0.4) is 0 Å². The maximum Gasteiger partial charge on any atom is 0.129 e. The molecule has 140 valence electrons. The fourth-order valence-corrected chi connectivity index (χ4v) is 3.87. The highest BCUT2D eigenvalue weighted by Crippen LogP contribution is 2.34. The van der Waals surface area contributed by atoms with Gasteiger partial charge in [-0.2, -0.15) is 5.10 Å². The molecule has 1 aliphatic heterocycles. The summed E-state index contributed by atoms with van der Waals surface area (Å²) in [7, 11) is 0. The summed E-state index contributed by atoms with van der Waals surface area (Å²) in [6.07, 6.45) is 8.43. The van der Waals surface area contributed by atoms with Gasteiger partial charge in [0.2, 0.25) is 0 Å². The molecule has 1 aliphatic rings. The number of allylic oxidation sites excluding steroid dienone is 1. The van der Waals surface area contributed by atoms with Crippen LogP contribution in [0.4, 0.5) is 4.39 Å². The van der Waals surface area contributed by atoms with Crippen LogP contribution in [0.15, 0.2) is 43.5 Å². The summed E-state index contributed by atoms with van der Waals surface area (Å²) in [5.74, 6) is -0.111. The second-order valence-corrected chi connectivity index (χ2v) is 7.15. The van der Waals surface area contributed by atoms with Gasteiger partial charge >= 0.3 is 0 Å². The number of fused-ring (bicyclic) bond motifs is 1. The molecule has 27 heavy (non-hydrogen) atoms. The number of aromatic nitrogens is 4. The minimum absolute atomic E-state index is 0.00216. The third-order valence-corrected chi connectivity index (χ3v) is 5.37. The lowest BCUT2D eigenvalue weighted by atomic mass is 9.96. The van der Waals surface area contributed by atoms with Crippen molar-refractivity contribution in [3.05, 3.63) is 83.0 Å². The van der Waals surface area contributed by atoms with Crippen LogP contribution in [-0.2, 0) is 19.5 Å². The lowest BCUT2D eigenvalue weighted by Crippen LogP contribution is -2.36. The monoisotopic (exact) mass is 365 g/mol. The third-order valence-electron chi connectivity index (χ3n) is 5.37. The summed E-state index contributed by atoms with van der Waals surface area (Å²) in [6.45, 7) is 9.66. The highest BCUT2D eigenvalue weighted by Gasteiger charge is 2.32. The van der Waals surface area contributed by atoms with Crippen LogP contribution in [0.5, 0.6) is 0 Å². The van der Waals surface area contributed by atoms with E-state index < -0.39 is 0 Å². The van der Waals surface area contributed by atoms with Crippen molar-refractivity contribution in [2.45, 2.75) is 39.4 Å². The maximum atomic E-state index is 14.4. The molecule has 1 N–H and O–H groups in total. The lowest BCUT2D eigenvalue weighted by Gasteiger charge is -2.35. The number of H-pyrrole nitrogens is 1. The summed E-state index contributed by atoms with van der Waals surface area (Å²) in [5, 5.41) is 4.44. The summed E-state index contributed by atoms with van der Waals surface area (Å²) in [4.78, 5) is 10.2. The van der Waals surface area contributed by atoms with Gasteiger partial charge < -0.3 is 4.98 Å². The summed E-state index contributed by atoms with van der Waals surface area (Å²) >= 11 is 0. The Morgan fingerprint density at radius 3 is 3.04 bits per heavy atom. The molecule has 0 fully saturated rings. The second-order valence-electron chi connectivity index (χ2n) is 7.15. The number of aromatic amines is 1. The van der Waals surface area contributed by atoms with Gasteiger partial charge in [-0.1, -0.05) is 18.2 Å². The molecule has 1 unspecified atom stereocenters. The first-order valence-corrected chi connectivity index (χ1v) is 9.22. The van der Waals surface area contributed by atoms with E-state index in [-0.39, 0.29) is 11.9 Å². The Labute approximate surface area is 158 Å². The highest BCUT2D eigenvalue weighted by molar-refractivity contribution is 5.34. The SMILES string of the molecule is C=CCn1cc(C2c3nc[nH]c3CCN2Cc2ccc(C)c(F)c2C)cn1. The van der Waals surface area contributed by atoms with Crippen molar-refractivity contribution in [3.8, 4) is 0 Å². The molecule has 3 heterocycles. The highest BCUT2D eigenvalue weighted by atomic mass is 19.1. The zero-order chi connectivity index (χ0) is 19.0. The Morgan fingerprint density at radius 1 is 1.37 bits per heavy atom. The van der Waals surface area contributed by atoms with Crippen LogP contribution in [0.2, 0.25) is 0 Å². The fourth-order valence-electron chi connectivity index (χ4n) is 3.87. The number of nitrogens with one attached hydrogen (secondary N) is 1. The van der Waals surface area contributed by atoms with Crippen LogP contribution in [0.25, 0.3) is 0 Å². The molecule has 1 atom stereocenters. The van der Waals surface area contributed by atoms with Crippen molar-refractivity contribution >= 4 is 0 Å². The summed E-state index contributed by atoms with van der Waals surface area (Å²) < 4.78 is 16.3. The van der Waals surface area contributed by atoms with E-state index in [2.05, 4.69) is 26.5 Å². The molecule has 0 saturated carbocycles. The molecule has 6 heteroatoms. The van der Waals surface area contributed by atoms with Gasteiger partial charge in [0.05, 0.1) is 30.8 Å². The van der Waals surface area contributed by atoms with E-state index in [1.54, 1.807) is 13.3 Å². The van der Waals surface area contributed by atoms with Gasteiger partial charge in [0.15, 0.2) is 0 Å². The number of rotatable bonds is 5. The number of aryl methyl sites for hydroxylation is 1. The van der Waals surface area contributed by atoms with Crippen molar-refractivity contribution in [3.63, 3.8) is 0 Å². The van der Waals surface area contributed by atoms with E-state index in [1.165, 1.54) is 5.69 Å². The van der Waals surface area contributed by atoms with Crippen LogP contribution in [-0.4, -0.2) is 31.2 Å². The topological polar surface area (TPSA) is 49.7 Å². The van der Waals surface area contributed by atoms with Crippen molar-refractivity contribution in [1.82, 2.24) is 24.6 Å². The van der Waals surface area contributed by atoms with Gasteiger partial charge in [0, 0.05) is 37.0 Å². The zero-order valence-electron chi connectivity index (χ0n) is 15.7. The van der Waals surface area contributed by atoms with Gasteiger partial charge in [-0.3, -0.25) is 9.58 Å². The first-order valence-electron chi connectivity index (χ1n) is 9.22. The van der Waals surface area contributed by atoms with Crippen LogP contribution >= 0.6 is 0 Å². The molecular formula is C21H24FN5. The van der Waals surface area contributed by atoms with Gasteiger partial charge in [-0.15, -0.1) is 6.58 Å². The smallest absolute Gasteiger partial charge is 0.129 e. The second kappa shape index (κ2) is 7.12. The molecule has 2 aromatic heterocycles. The van der Waals surface area contributed by atoms with E-state index in [1.807, 2.05) is 42.2 Å². The Hall–Kier alpha value is -2.73. The molecule has 0 aliphatic carbocycles. The molecule has 3 aromatic rings. The predicted octanol–water partition coefficient (Wildman–Crippen LogP) is 3.70. The molecular weight excluding hydrogens is 341 g/mol. The molecule has 0 amide bonds. The lowest BCUT2D eigenvalue weighted by molar-refractivity contribution is 0.199. The standard InChI is InChI=1S/C21H24FN5/c1-4-8-27-12-17(10-25-27)21-20-18(23-13-24-20)7-9-26(21)11-16-6-5-14(2)19(22)15(16)3/h4-6,10,12-13,21H,1,7-9,11H2,2-3H3,(H,23,24). The number of imidazole rings is 1. The van der Waals surface area contributed by atoms with Crippen LogP contribution in [0, 0.1) is 19.7 Å². The van der Waals surface area contributed by atoms with E-state index in [0.717, 1.165) is 35.3 Å². The maximum absolute atomic E-state index is 14.4. The molecule has 4 rings (SSSR count). The first kappa shape index (κ1) is 17.7. The molecule has 0 radical (unpaired) electrons. The molecule has 0 bridgehead atoms. The zero-order valence-corrected chi connectivity index (χ0v) is 15.7. The Kier molecular flexibility index (Phi) is 4.66. The van der Waals surface area contributed by atoms with E-state index in [4.69, 9.17) is 0 Å². The number of hydrogen-bond acceptors (Lipinski definition) is 3. The minimum atomic E-state index is -0.111. The van der Waals surface area contributed by atoms with Crippen molar-refractivity contribution in [2.24, 2.45) is 0 Å². The molecule has 1 aromatic carbocycles. The molecule has 0 spiro atoms. The Bertz CT molecular complexity index is 971. The van der Waals surface area contributed by atoms with Crippen molar-refractivity contribution in [1.29, 1.82) is 0 Å². The average molecular weight is 365 g/mol. The number of nitrogens with zero attached hydrogens (tertiary/aromatic N) is 4. The van der Waals surface area contributed by atoms with Crippen molar-refractivity contribution < 1.29 is 4.39 Å². The van der Waals surface area contributed by atoms with Gasteiger partial charge in [0.25, 0.3) is 0 Å². The number of halogens is 1. The Balaban J connectivity index is 1.70. The largest absolute Gasteiger partial charge is 0.348 e. The van der Waals surface area contributed by atoms with E-state index >= 15 is 0 Å². The minimum Gasteiger partial charge on any atom is -0.348 e. The molecule has 5 nitrogen and oxygen atoms in total. The van der Waals surface area contributed by atoms with Gasteiger partial charge in [-0.25, -0.2) is 9.37 Å². The van der Waals surface area contributed by atoms with Gasteiger partial charge in [0.1, 0.15) is 5.82 Å². The quantitative estimate of drug-likeness (QED) is 0.702. The summed E-state index contributed by atoms with van der Waals surface area (Å²) in [6, 6.07) is 3.90. The normalized spacial score (nSPS) is 17.1. The third kappa shape index (κ3) is 3.21. The van der Waals surface area contributed by atoms with Crippen LogP contribution < -0.4 is 0 Å². The number of benzene rings is 1. The van der Waals surface area contributed by atoms with Crippen LogP contribution in [0.1, 0.15) is 39.7 Å². The van der Waals surface area contributed by atoms with E-state index in [0.29, 0.717) is 18.7 Å². The fraction of sp³-hybridized carbons (Fsp3) is 0.333. The molecule has 0 saturated heterocycles. The first-order chi connectivity index (χ1) is 13.1. The van der Waals surface area contributed by atoms with Crippen molar-refractivity contribution in [2.75, 3.05) is 6.54 Å². The predicted molar refractivity (Wildman–Crippen MR) is 103 cm³/mol. The summed E-state index contributed by atoms with van der Waals surface area (Å²) in [5.41, 5.74) is 5.72. The van der Waals surface area contributed by atoms with Gasteiger partial charge in [-0.05, 0) is 30.5 Å². The average Bonchev–Trinajstić information content (AvgIpc) is 3.31. The Morgan fingerprint density at radius 2 is 2.22 bits per heavy atom. The number of hydrogen-bond donors (Lipinski definition) is 1. The van der Waals surface area contributed by atoms with E-state index in [9.17, 15) is 4.39 Å².